The van der Waals surface area contributed by atoms with E-state index in [9.17, 15) is 4.79 Å². The molecule has 1 aliphatic heterocycles. The molecule has 1 N–H and O–H groups in total. The molecule has 0 spiro atoms. The van der Waals surface area contributed by atoms with E-state index in [4.69, 9.17) is 19.8 Å². The monoisotopic (exact) mass is 352 g/mol. The number of carbonyl (C=O) groups is 1. The zero-order valence-electron chi connectivity index (χ0n) is 14.5. The van der Waals surface area contributed by atoms with Crippen LogP contribution in [0.15, 0.2) is 42.5 Å². The van der Waals surface area contributed by atoms with E-state index < -0.39 is 5.97 Å². The number of benzene rings is 2. The summed E-state index contributed by atoms with van der Waals surface area (Å²) in [5.74, 6) is 0.412. The van der Waals surface area contributed by atoms with Gasteiger partial charge in [-0.15, -0.1) is 0 Å². The number of ether oxygens (including phenoxy) is 2. The topological polar surface area (TPSA) is 82.8 Å². The van der Waals surface area contributed by atoms with Gasteiger partial charge in [-0.3, -0.25) is 9.69 Å². The molecule has 3 rings (SSSR count). The number of hydrogen-bond acceptors (Lipinski definition) is 5. The van der Waals surface area contributed by atoms with Crippen molar-refractivity contribution < 1.29 is 19.4 Å². The Morgan fingerprint density at radius 3 is 2.54 bits per heavy atom. The fraction of sp³-hybridized carbons (Fsp3) is 0.300. The normalized spacial score (nSPS) is 14.3. The molecule has 134 valence electrons. The number of likely N-dealkylation sites (tertiary alicyclic amines) is 1. The van der Waals surface area contributed by atoms with E-state index >= 15 is 0 Å². The third-order valence-electron chi connectivity index (χ3n) is 4.37. The minimum atomic E-state index is -0.720. The lowest BCUT2D eigenvalue weighted by molar-refractivity contribution is -0.147. The van der Waals surface area contributed by atoms with Gasteiger partial charge in [0.1, 0.15) is 18.1 Å². The molecule has 6 heteroatoms. The highest BCUT2D eigenvalue weighted by atomic mass is 16.5. The lowest BCUT2D eigenvalue weighted by atomic mass is 10.00. The largest absolute Gasteiger partial charge is 0.497 e. The molecule has 2 aromatic rings. The number of hydrogen-bond donors (Lipinski definition) is 1. The number of aliphatic carboxylic acids is 1. The van der Waals surface area contributed by atoms with Gasteiger partial charge in [-0.05, 0) is 41.5 Å². The minimum absolute atomic E-state index is 0.237. The van der Waals surface area contributed by atoms with E-state index in [-0.39, 0.29) is 5.92 Å². The van der Waals surface area contributed by atoms with Crippen molar-refractivity contribution in [3.8, 4) is 17.6 Å². The van der Waals surface area contributed by atoms with E-state index in [1.54, 1.807) is 19.2 Å². The molecule has 1 aliphatic rings. The molecule has 0 aromatic heterocycles. The summed E-state index contributed by atoms with van der Waals surface area (Å²) in [6.07, 6.45) is 0. The Kier molecular flexibility index (Phi) is 5.40. The van der Waals surface area contributed by atoms with Gasteiger partial charge in [-0.25, -0.2) is 0 Å². The van der Waals surface area contributed by atoms with Crippen LogP contribution in [0.4, 0.5) is 0 Å². The molecule has 0 bridgehead atoms. The second-order valence-electron chi connectivity index (χ2n) is 6.34. The lowest BCUT2D eigenvalue weighted by Crippen LogP contribution is -2.49. The summed E-state index contributed by atoms with van der Waals surface area (Å²) >= 11 is 0. The van der Waals surface area contributed by atoms with Gasteiger partial charge in [-0.1, -0.05) is 12.1 Å². The fourth-order valence-corrected chi connectivity index (χ4v) is 2.90. The van der Waals surface area contributed by atoms with Gasteiger partial charge < -0.3 is 14.6 Å². The number of carboxylic acid groups (broad SMARTS) is 1. The third-order valence-corrected chi connectivity index (χ3v) is 4.37. The first-order chi connectivity index (χ1) is 12.6. The van der Waals surface area contributed by atoms with Crippen LogP contribution in [-0.4, -0.2) is 36.2 Å². The Labute approximate surface area is 152 Å². The first kappa shape index (κ1) is 17.8. The second kappa shape index (κ2) is 7.89. The quantitative estimate of drug-likeness (QED) is 0.825. The Balaban J connectivity index is 1.54. The fourth-order valence-electron chi connectivity index (χ4n) is 2.90. The van der Waals surface area contributed by atoms with Crippen molar-refractivity contribution in [3.05, 3.63) is 59.2 Å². The predicted octanol–water partition coefficient (Wildman–Crippen LogP) is 2.66. The molecule has 2 aromatic carbocycles. The number of nitriles is 1. The van der Waals surface area contributed by atoms with Crippen molar-refractivity contribution in [1.82, 2.24) is 4.90 Å². The summed E-state index contributed by atoms with van der Waals surface area (Å²) in [4.78, 5) is 12.9. The van der Waals surface area contributed by atoms with Crippen LogP contribution in [0.3, 0.4) is 0 Å². The maximum absolute atomic E-state index is 10.8. The number of carboxylic acids is 1. The van der Waals surface area contributed by atoms with E-state index in [1.165, 1.54) is 0 Å². The highest BCUT2D eigenvalue weighted by Gasteiger charge is 2.32. The molecular formula is C20H20N2O4. The third kappa shape index (κ3) is 4.32. The molecule has 1 heterocycles. The summed E-state index contributed by atoms with van der Waals surface area (Å²) in [5.41, 5.74) is 2.52. The van der Waals surface area contributed by atoms with Crippen LogP contribution < -0.4 is 9.47 Å². The molecule has 0 atom stereocenters. The highest BCUT2D eigenvalue weighted by Crippen LogP contribution is 2.22. The molecule has 0 amide bonds. The standard InChI is InChI=1S/C20H20N2O4/c1-25-19-7-15(9-21)6-16(8-19)13-26-18-4-2-14(3-5-18)10-22-11-17(12-22)20(23)24/h2-8,17H,10-13H2,1H3,(H,23,24). The summed E-state index contributed by atoms with van der Waals surface area (Å²) in [5, 5.41) is 18.0. The molecular weight excluding hydrogens is 332 g/mol. The summed E-state index contributed by atoms with van der Waals surface area (Å²) in [7, 11) is 1.57. The Morgan fingerprint density at radius 2 is 1.92 bits per heavy atom. The van der Waals surface area contributed by atoms with E-state index in [1.807, 2.05) is 30.3 Å². The summed E-state index contributed by atoms with van der Waals surface area (Å²) in [6, 6.07) is 15.2. The Bertz CT molecular complexity index is 821. The van der Waals surface area contributed by atoms with Crippen molar-refractivity contribution in [2.75, 3.05) is 20.2 Å². The molecule has 0 unspecified atom stereocenters. The smallest absolute Gasteiger partial charge is 0.309 e. The molecule has 0 aliphatic carbocycles. The summed E-state index contributed by atoms with van der Waals surface area (Å²) < 4.78 is 11.0. The minimum Gasteiger partial charge on any atom is -0.497 e. The zero-order valence-corrected chi connectivity index (χ0v) is 14.5. The highest BCUT2D eigenvalue weighted by molar-refractivity contribution is 5.71. The first-order valence-electron chi connectivity index (χ1n) is 8.32. The van der Waals surface area contributed by atoms with Gasteiger partial charge in [0.25, 0.3) is 0 Å². The van der Waals surface area contributed by atoms with Crippen molar-refractivity contribution >= 4 is 5.97 Å². The lowest BCUT2D eigenvalue weighted by Gasteiger charge is -2.36. The predicted molar refractivity (Wildman–Crippen MR) is 94.9 cm³/mol. The van der Waals surface area contributed by atoms with Crippen LogP contribution in [0, 0.1) is 17.2 Å². The van der Waals surface area contributed by atoms with E-state index in [0.717, 1.165) is 23.4 Å². The maximum atomic E-state index is 10.8. The van der Waals surface area contributed by atoms with Crippen LogP contribution in [0.5, 0.6) is 11.5 Å². The van der Waals surface area contributed by atoms with Crippen LogP contribution in [-0.2, 0) is 17.9 Å². The molecule has 0 saturated carbocycles. The van der Waals surface area contributed by atoms with Gasteiger partial charge in [0, 0.05) is 19.6 Å². The molecule has 1 fully saturated rings. The van der Waals surface area contributed by atoms with Crippen molar-refractivity contribution in [2.45, 2.75) is 13.2 Å². The first-order valence-corrected chi connectivity index (χ1v) is 8.32. The van der Waals surface area contributed by atoms with Crippen LogP contribution in [0.1, 0.15) is 16.7 Å². The van der Waals surface area contributed by atoms with Gasteiger partial charge in [-0.2, -0.15) is 5.26 Å². The van der Waals surface area contributed by atoms with Crippen molar-refractivity contribution in [3.63, 3.8) is 0 Å². The Morgan fingerprint density at radius 1 is 1.19 bits per heavy atom. The summed E-state index contributed by atoms with van der Waals surface area (Å²) in [6.45, 7) is 2.29. The zero-order chi connectivity index (χ0) is 18.5. The van der Waals surface area contributed by atoms with Crippen LogP contribution in [0.25, 0.3) is 0 Å². The molecule has 1 saturated heterocycles. The van der Waals surface area contributed by atoms with Crippen molar-refractivity contribution in [1.29, 1.82) is 5.26 Å². The number of rotatable bonds is 7. The SMILES string of the molecule is COc1cc(C#N)cc(COc2ccc(CN3CC(C(=O)O)C3)cc2)c1. The average Bonchev–Trinajstić information content (AvgIpc) is 2.62. The van der Waals surface area contributed by atoms with Gasteiger partial charge >= 0.3 is 5.97 Å². The van der Waals surface area contributed by atoms with E-state index in [2.05, 4.69) is 11.0 Å². The Hall–Kier alpha value is -3.04. The number of methoxy groups -OCH3 is 1. The molecule has 0 radical (unpaired) electrons. The van der Waals surface area contributed by atoms with Gasteiger partial charge in [0.05, 0.1) is 24.7 Å². The van der Waals surface area contributed by atoms with E-state index in [0.29, 0.717) is 31.0 Å². The number of nitrogens with zero attached hydrogens (tertiary/aromatic N) is 2. The van der Waals surface area contributed by atoms with Crippen molar-refractivity contribution in [2.24, 2.45) is 5.92 Å². The molecule has 6 nitrogen and oxygen atoms in total. The second-order valence-corrected chi connectivity index (χ2v) is 6.34. The van der Waals surface area contributed by atoms with Gasteiger partial charge in [0.2, 0.25) is 0 Å². The van der Waals surface area contributed by atoms with Crippen LogP contribution in [0.2, 0.25) is 0 Å². The van der Waals surface area contributed by atoms with Gasteiger partial charge in [0.15, 0.2) is 0 Å². The molecule has 26 heavy (non-hydrogen) atoms. The maximum Gasteiger partial charge on any atom is 0.309 e. The van der Waals surface area contributed by atoms with Crippen LogP contribution >= 0.6 is 0 Å². The average molecular weight is 352 g/mol.